The number of nitrogens with one attached hydrogen (secondary N) is 1. The number of rotatable bonds is 6. The number of aromatic nitrogens is 4. The van der Waals surface area contributed by atoms with Gasteiger partial charge in [-0.15, -0.1) is 0 Å². The summed E-state index contributed by atoms with van der Waals surface area (Å²) in [6, 6.07) is 7.02. The fraction of sp³-hybridized carbons (Fsp3) is 0.300. The van der Waals surface area contributed by atoms with Crippen LogP contribution < -0.4 is 10.2 Å². The first-order chi connectivity index (χ1) is 14.6. The van der Waals surface area contributed by atoms with Crippen molar-refractivity contribution in [3.05, 3.63) is 47.6 Å². The van der Waals surface area contributed by atoms with E-state index in [1.807, 2.05) is 4.90 Å². The van der Waals surface area contributed by atoms with E-state index >= 15 is 0 Å². The maximum Gasteiger partial charge on any atom is 0.227 e. The number of hydrogen-bond donors (Lipinski definition) is 1. The Balaban J connectivity index is 1.52. The minimum absolute atomic E-state index is 0.290. The quantitative estimate of drug-likeness (QED) is 0.642. The van der Waals surface area contributed by atoms with Gasteiger partial charge in [-0.2, -0.15) is 10.4 Å². The Hall–Kier alpha value is -3.22. The second kappa shape index (κ2) is 9.07. The van der Waals surface area contributed by atoms with Crippen LogP contribution >= 0.6 is 11.6 Å². The first kappa shape index (κ1) is 20.1. The van der Waals surface area contributed by atoms with Gasteiger partial charge in [-0.3, -0.25) is 4.68 Å². The summed E-state index contributed by atoms with van der Waals surface area (Å²) < 4.78 is 21.6. The van der Waals surface area contributed by atoms with Crippen LogP contribution in [0.25, 0.3) is 11.3 Å². The third kappa shape index (κ3) is 4.50. The normalized spacial score (nSPS) is 13.8. The number of halogens is 2. The zero-order chi connectivity index (χ0) is 20.9. The topological polar surface area (TPSA) is 91.9 Å². The van der Waals surface area contributed by atoms with Gasteiger partial charge in [0.15, 0.2) is 0 Å². The van der Waals surface area contributed by atoms with Crippen LogP contribution in [0.3, 0.4) is 0 Å². The van der Waals surface area contributed by atoms with Crippen molar-refractivity contribution in [2.24, 2.45) is 0 Å². The molecule has 154 valence electrons. The lowest BCUT2D eigenvalue weighted by molar-refractivity contribution is 0.122. The van der Waals surface area contributed by atoms with E-state index in [2.05, 4.69) is 26.5 Å². The second-order valence-electron chi connectivity index (χ2n) is 6.68. The van der Waals surface area contributed by atoms with Gasteiger partial charge in [-0.25, -0.2) is 14.4 Å². The third-order valence-corrected chi connectivity index (χ3v) is 4.94. The van der Waals surface area contributed by atoms with Crippen LogP contribution in [0.2, 0.25) is 5.02 Å². The molecule has 1 aliphatic rings. The van der Waals surface area contributed by atoms with Crippen LogP contribution in [-0.2, 0) is 11.3 Å². The zero-order valence-corrected chi connectivity index (χ0v) is 16.8. The highest BCUT2D eigenvalue weighted by Crippen LogP contribution is 2.28. The molecule has 1 saturated heterocycles. The maximum absolute atomic E-state index is 14.6. The summed E-state index contributed by atoms with van der Waals surface area (Å²) in [7, 11) is 0. The molecule has 3 aromatic rings. The number of benzene rings is 1. The molecule has 0 radical (unpaired) electrons. The monoisotopic (exact) mass is 427 g/mol. The van der Waals surface area contributed by atoms with Crippen LogP contribution in [0.4, 0.5) is 21.7 Å². The molecule has 1 aliphatic heterocycles. The minimum atomic E-state index is -0.324. The number of nitriles is 1. The Morgan fingerprint density at radius 2 is 2.10 bits per heavy atom. The van der Waals surface area contributed by atoms with E-state index in [-0.39, 0.29) is 11.8 Å². The van der Waals surface area contributed by atoms with Gasteiger partial charge >= 0.3 is 0 Å². The van der Waals surface area contributed by atoms with Gasteiger partial charge in [0.25, 0.3) is 0 Å². The molecule has 0 saturated carbocycles. The molecule has 2 aromatic heterocycles. The Labute approximate surface area is 177 Å². The van der Waals surface area contributed by atoms with E-state index in [0.717, 1.165) is 0 Å². The highest BCUT2D eigenvalue weighted by molar-refractivity contribution is 6.32. The summed E-state index contributed by atoms with van der Waals surface area (Å²) in [6.45, 7) is 2.99. The zero-order valence-electron chi connectivity index (χ0n) is 16.1. The molecule has 0 spiro atoms. The van der Waals surface area contributed by atoms with Gasteiger partial charge in [0.05, 0.1) is 61.0 Å². The van der Waals surface area contributed by atoms with Crippen LogP contribution in [0.5, 0.6) is 0 Å². The van der Waals surface area contributed by atoms with Crippen molar-refractivity contribution >= 4 is 28.9 Å². The Kier molecular flexibility index (Phi) is 6.07. The van der Waals surface area contributed by atoms with Gasteiger partial charge in [0.1, 0.15) is 5.82 Å². The largest absolute Gasteiger partial charge is 0.378 e. The molecule has 10 heteroatoms. The molecule has 0 aliphatic carbocycles. The average molecular weight is 428 g/mol. The summed E-state index contributed by atoms with van der Waals surface area (Å²) in [4.78, 5) is 10.6. The number of aryl methyl sites for hydroxylation is 1. The summed E-state index contributed by atoms with van der Waals surface area (Å²) in [5.41, 5.74) is 2.29. The molecule has 1 N–H and O–H groups in total. The lowest BCUT2D eigenvalue weighted by Crippen LogP contribution is -2.36. The molecule has 1 fully saturated rings. The average Bonchev–Trinajstić information content (AvgIpc) is 3.23. The molecular formula is C20H19ClFN7O. The van der Waals surface area contributed by atoms with E-state index in [0.29, 0.717) is 66.9 Å². The predicted molar refractivity (Wildman–Crippen MR) is 111 cm³/mol. The van der Waals surface area contributed by atoms with Gasteiger partial charge in [-0.1, -0.05) is 11.6 Å². The number of ether oxygens (including phenoxy) is 1. The van der Waals surface area contributed by atoms with Crippen LogP contribution in [0.1, 0.15) is 6.42 Å². The molecule has 30 heavy (non-hydrogen) atoms. The van der Waals surface area contributed by atoms with Crippen LogP contribution in [0, 0.1) is 17.1 Å². The molecule has 8 nitrogen and oxygen atoms in total. The Morgan fingerprint density at radius 3 is 2.87 bits per heavy atom. The van der Waals surface area contributed by atoms with Crippen molar-refractivity contribution in [2.45, 2.75) is 13.0 Å². The fourth-order valence-electron chi connectivity index (χ4n) is 3.18. The fourth-order valence-corrected chi connectivity index (χ4v) is 3.38. The van der Waals surface area contributed by atoms with Crippen LogP contribution in [0.15, 0.2) is 36.8 Å². The molecule has 0 atom stereocenters. The molecule has 0 unspecified atom stereocenters. The highest BCUT2D eigenvalue weighted by atomic mass is 35.5. The van der Waals surface area contributed by atoms with E-state index in [1.54, 1.807) is 29.2 Å². The molecule has 0 amide bonds. The molecule has 3 heterocycles. The second-order valence-corrected chi connectivity index (χ2v) is 7.09. The molecule has 4 rings (SSSR count). The standard InChI is InChI=1S/C20H19ClFN7O/c21-16-12-24-20(27-19(16)14-11-25-29(13-14)5-1-4-23)26-15-2-3-18(17(22)10-15)28-6-8-30-9-7-28/h2-3,10-13H,1,5-9H2,(H,24,26,27). The predicted octanol–water partition coefficient (Wildman–Crippen LogP) is 3.63. The van der Waals surface area contributed by atoms with Crippen LogP contribution in [-0.4, -0.2) is 46.1 Å². The van der Waals surface area contributed by atoms with Crippen molar-refractivity contribution in [2.75, 3.05) is 36.5 Å². The lowest BCUT2D eigenvalue weighted by Gasteiger charge is -2.29. The van der Waals surface area contributed by atoms with E-state index in [4.69, 9.17) is 21.6 Å². The number of hydrogen-bond acceptors (Lipinski definition) is 7. The molecule has 1 aromatic carbocycles. The van der Waals surface area contributed by atoms with Crippen molar-refractivity contribution in [3.63, 3.8) is 0 Å². The van der Waals surface area contributed by atoms with Crippen molar-refractivity contribution in [1.29, 1.82) is 5.26 Å². The van der Waals surface area contributed by atoms with Crippen molar-refractivity contribution < 1.29 is 9.13 Å². The number of nitrogens with zero attached hydrogens (tertiary/aromatic N) is 6. The number of morpholine rings is 1. The number of anilines is 3. The van der Waals surface area contributed by atoms with Gasteiger partial charge in [0, 0.05) is 30.5 Å². The lowest BCUT2D eigenvalue weighted by atomic mass is 10.2. The van der Waals surface area contributed by atoms with Gasteiger partial charge in [0.2, 0.25) is 5.95 Å². The SMILES string of the molecule is N#CCCn1cc(-c2nc(Nc3ccc(N4CCOCC4)c(F)c3)ncc2Cl)cn1. The van der Waals surface area contributed by atoms with E-state index < -0.39 is 0 Å². The Bertz CT molecular complexity index is 1080. The molecular weight excluding hydrogens is 409 g/mol. The summed E-state index contributed by atoms with van der Waals surface area (Å²) in [5.74, 6) is -0.0347. The third-order valence-electron chi connectivity index (χ3n) is 4.66. The maximum atomic E-state index is 14.6. The first-order valence-electron chi connectivity index (χ1n) is 9.45. The minimum Gasteiger partial charge on any atom is -0.378 e. The van der Waals surface area contributed by atoms with Gasteiger partial charge < -0.3 is 15.0 Å². The summed E-state index contributed by atoms with van der Waals surface area (Å²) >= 11 is 6.26. The summed E-state index contributed by atoms with van der Waals surface area (Å²) in [6.07, 6.45) is 5.24. The van der Waals surface area contributed by atoms with Gasteiger partial charge in [-0.05, 0) is 18.2 Å². The van der Waals surface area contributed by atoms with Crippen molar-refractivity contribution in [1.82, 2.24) is 19.7 Å². The van der Waals surface area contributed by atoms with E-state index in [9.17, 15) is 4.39 Å². The molecule has 0 bridgehead atoms. The smallest absolute Gasteiger partial charge is 0.227 e. The van der Waals surface area contributed by atoms with E-state index in [1.165, 1.54) is 12.3 Å². The van der Waals surface area contributed by atoms with Crippen molar-refractivity contribution in [3.8, 4) is 17.3 Å². The first-order valence-corrected chi connectivity index (χ1v) is 9.83. The highest BCUT2D eigenvalue weighted by Gasteiger charge is 2.16. The Morgan fingerprint density at radius 1 is 1.27 bits per heavy atom. The summed E-state index contributed by atoms with van der Waals surface area (Å²) in [5, 5.41) is 16.3.